The fourth-order valence-electron chi connectivity index (χ4n) is 2.00. The van der Waals surface area contributed by atoms with Crippen molar-refractivity contribution in [3.63, 3.8) is 0 Å². The van der Waals surface area contributed by atoms with E-state index in [0.29, 0.717) is 5.56 Å². The Hall–Kier alpha value is -2.00. The van der Waals surface area contributed by atoms with E-state index in [-0.39, 0.29) is 16.8 Å². The van der Waals surface area contributed by atoms with E-state index in [2.05, 4.69) is 4.98 Å². The molecule has 0 aliphatic carbocycles. The summed E-state index contributed by atoms with van der Waals surface area (Å²) in [5, 5.41) is 1.10. The average molecular weight is 260 g/mol. The summed E-state index contributed by atoms with van der Waals surface area (Å²) in [6.45, 7) is 2.01. The lowest BCUT2D eigenvalue weighted by atomic mass is 10.1. The molecular weight excluding hydrogens is 250 g/mol. The molecule has 0 aliphatic heterocycles. The molecule has 18 heavy (non-hydrogen) atoms. The van der Waals surface area contributed by atoms with Crippen LogP contribution in [0.2, 0.25) is 5.22 Å². The van der Waals surface area contributed by atoms with Crippen molar-refractivity contribution in [1.29, 1.82) is 0 Å². The van der Waals surface area contributed by atoms with Gasteiger partial charge in [-0.2, -0.15) is 0 Å². The van der Waals surface area contributed by atoms with E-state index in [4.69, 9.17) is 16.0 Å². The molecule has 1 N–H and O–H groups in total. The Balaban J connectivity index is 2.12. The van der Waals surface area contributed by atoms with Gasteiger partial charge in [0.25, 0.3) is 0 Å². The van der Waals surface area contributed by atoms with Gasteiger partial charge in [-0.05, 0) is 42.3 Å². The number of furan rings is 1. The number of rotatable bonds is 2. The molecule has 0 aliphatic rings. The van der Waals surface area contributed by atoms with Gasteiger partial charge in [0.05, 0.1) is 5.56 Å². The maximum Gasteiger partial charge on any atom is 0.230 e. The molecule has 3 nitrogen and oxygen atoms in total. The summed E-state index contributed by atoms with van der Waals surface area (Å²) < 4.78 is 5.14. The third kappa shape index (κ3) is 1.73. The zero-order valence-corrected chi connectivity index (χ0v) is 10.4. The highest BCUT2D eigenvalue weighted by Gasteiger charge is 2.17. The van der Waals surface area contributed by atoms with Crippen molar-refractivity contribution < 1.29 is 9.21 Å². The van der Waals surface area contributed by atoms with Crippen LogP contribution in [0.5, 0.6) is 0 Å². The molecule has 0 spiro atoms. The van der Waals surface area contributed by atoms with Crippen LogP contribution >= 0.6 is 11.6 Å². The highest BCUT2D eigenvalue weighted by molar-refractivity contribution is 6.29. The molecule has 2 aromatic heterocycles. The molecule has 3 aromatic rings. The van der Waals surface area contributed by atoms with Gasteiger partial charge in [-0.25, -0.2) is 0 Å². The number of fused-ring (bicyclic) bond motifs is 1. The summed E-state index contributed by atoms with van der Waals surface area (Å²) in [5.74, 6) is 0.0819. The fourth-order valence-corrected chi connectivity index (χ4v) is 2.14. The number of H-pyrrole nitrogens is 1. The van der Waals surface area contributed by atoms with Crippen LogP contribution in [0, 0.1) is 6.92 Å². The van der Waals surface area contributed by atoms with E-state index in [1.165, 1.54) is 0 Å². The fraction of sp³-hybridized carbons (Fsp3) is 0.0714. The first-order valence-corrected chi connectivity index (χ1v) is 5.91. The summed E-state index contributed by atoms with van der Waals surface area (Å²) in [6, 6.07) is 9.05. The predicted octanol–water partition coefficient (Wildman–Crippen LogP) is 3.95. The predicted molar refractivity (Wildman–Crippen MR) is 70.2 cm³/mol. The number of aryl methyl sites for hydroxylation is 1. The van der Waals surface area contributed by atoms with Crippen molar-refractivity contribution in [2.75, 3.05) is 0 Å². The lowest BCUT2D eigenvalue weighted by Gasteiger charge is -1.96. The van der Waals surface area contributed by atoms with E-state index in [1.54, 1.807) is 18.3 Å². The quantitative estimate of drug-likeness (QED) is 0.708. The monoisotopic (exact) mass is 259 g/mol. The smallest absolute Gasteiger partial charge is 0.230 e. The standard InChI is InChI=1S/C14H10ClNO2/c1-8-2-3-9-10(7-16-11(9)6-8)14(17)12-4-5-13(15)18-12/h2-7,16H,1H3. The number of hydrogen-bond acceptors (Lipinski definition) is 2. The second-order valence-corrected chi connectivity index (χ2v) is 4.56. The third-order valence-electron chi connectivity index (χ3n) is 2.88. The van der Waals surface area contributed by atoms with E-state index < -0.39 is 0 Å². The summed E-state index contributed by atoms with van der Waals surface area (Å²) >= 11 is 5.68. The number of ketones is 1. The second kappa shape index (κ2) is 4.03. The molecule has 4 heteroatoms. The Labute approximate surface area is 108 Å². The largest absolute Gasteiger partial charge is 0.441 e. The minimum atomic E-state index is -0.169. The Bertz CT molecular complexity index is 739. The average Bonchev–Trinajstić information content (AvgIpc) is 2.94. The normalized spacial score (nSPS) is 11.0. The number of aromatic nitrogens is 1. The van der Waals surface area contributed by atoms with E-state index >= 15 is 0 Å². The highest BCUT2D eigenvalue weighted by Crippen LogP contribution is 2.23. The Kier molecular flexibility index (Phi) is 2.49. The minimum absolute atomic E-state index is 0.169. The SMILES string of the molecule is Cc1ccc2c(C(=O)c3ccc(Cl)o3)c[nH]c2c1. The summed E-state index contributed by atoms with van der Waals surface area (Å²) in [4.78, 5) is 15.3. The molecular formula is C14H10ClNO2. The van der Waals surface area contributed by atoms with Crippen molar-refractivity contribution in [3.8, 4) is 0 Å². The highest BCUT2D eigenvalue weighted by atomic mass is 35.5. The zero-order chi connectivity index (χ0) is 12.7. The number of aromatic amines is 1. The van der Waals surface area contributed by atoms with Gasteiger partial charge in [0.1, 0.15) is 0 Å². The zero-order valence-electron chi connectivity index (χ0n) is 9.66. The van der Waals surface area contributed by atoms with Gasteiger partial charge in [-0.3, -0.25) is 4.79 Å². The molecule has 1 aromatic carbocycles. The first-order valence-electron chi connectivity index (χ1n) is 5.53. The number of carbonyl (C=O) groups is 1. The second-order valence-electron chi connectivity index (χ2n) is 4.18. The number of hydrogen-bond donors (Lipinski definition) is 1. The summed E-state index contributed by atoms with van der Waals surface area (Å²) in [5.41, 5.74) is 2.68. The molecule has 0 bridgehead atoms. The van der Waals surface area contributed by atoms with E-state index in [0.717, 1.165) is 16.5 Å². The lowest BCUT2D eigenvalue weighted by Crippen LogP contribution is -1.97. The van der Waals surface area contributed by atoms with Gasteiger partial charge in [-0.15, -0.1) is 0 Å². The Morgan fingerprint density at radius 3 is 2.83 bits per heavy atom. The van der Waals surface area contributed by atoms with Gasteiger partial charge in [0.15, 0.2) is 11.0 Å². The van der Waals surface area contributed by atoms with Crippen LogP contribution in [0.25, 0.3) is 10.9 Å². The Morgan fingerprint density at radius 1 is 1.28 bits per heavy atom. The number of nitrogens with one attached hydrogen (secondary N) is 1. The van der Waals surface area contributed by atoms with Crippen LogP contribution in [0.1, 0.15) is 21.7 Å². The van der Waals surface area contributed by atoms with Crippen molar-refractivity contribution in [2.45, 2.75) is 6.92 Å². The lowest BCUT2D eigenvalue weighted by molar-refractivity contribution is 0.101. The van der Waals surface area contributed by atoms with Crippen LogP contribution in [0.15, 0.2) is 40.9 Å². The van der Waals surface area contributed by atoms with Gasteiger partial charge < -0.3 is 9.40 Å². The van der Waals surface area contributed by atoms with Crippen molar-refractivity contribution >= 4 is 28.3 Å². The van der Waals surface area contributed by atoms with Crippen molar-refractivity contribution in [2.24, 2.45) is 0 Å². The topological polar surface area (TPSA) is 46.0 Å². The first-order chi connectivity index (χ1) is 8.65. The van der Waals surface area contributed by atoms with Gasteiger partial charge in [0, 0.05) is 17.1 Å². The molecule has 0 radical (unpaired) electrons. The molecule has 3 rings (SSSR count). The van der Waals surface area contributed by atoms with Crippen LogP contribution < -0.4 is 0 Å². The van der Waals surface area contributed by atoms with Crippen LogP contribution in [0.3, 0.4) is 0 Å². The van der Waals surface area contributed by atoms with Gasteiger partial charge in [0.2, 0.25) is 5.78 Å². The first kappa shape index (κ1) is 11.1. The molecule has 90 valence electrons. The maximum absolute atomic E-state index is 12.2. The van der Waals surface area contributed by atoms with Crippen LogP contribution in [0.4, 0.5) is 0 Å². The van der Waals surface area contributed by atoms with Gasteiger partial charge in [-0.1, -0.05) is 12.1 Å². The van der Waals surface area contributed by atoms with E-state index in [9.17, 15) is 4.79 Å². The molecule has 0 fully saturated rings. The molecule has 0 unspecified atom stereocenters. The van der Waals surface area contributed by atoms with Crippen LogP contribution in [-0.2, 0) is 0 Å². The maximum atomic E-state index is 12.2. The summed E-state index contributed by atoms with van der Waals surface area (Å²) in [6.07, 6.45) is 1.70. The Morgan fingerprint density at radius 2 is 2.11 bits per heavy atom. The molecule has 0 saturated carbocycles. The van der Waals surface area contributed by atoms with Crippen molar-refractivity contribution in [3.05, 3.63) is 58.6 Å². The number of benzene rings is 1. The van der Waals surface area contributed by atoms with Gasteiger partial charge >= 0.3 is 0 Å². The van der Waals surface area contributed by atoms with E-state index in [1.807, 2.05) is 25.1 Å². The summed E-state index contributed by atoms with van der Waals surface area (Å²) in [7, 11) is 0. The number of halogens is 1. The third-order valence-corrected chi connectivity index (χ3v) is 3.08. The van der Waals surface area contributed by atoms with Crippen LogP contribution in [-0.4, -0.2) is 10.8 Å². The number of carbonyl (C=O) groups excluding carboxylic acids is 1. The molecule has 0 amide bonds. The molecule has 0 atom stereocenters. The van der Waals surface area contributed by atoms with Crippen molar-refractivity contribution in [1.82, 2.24) is 4.98 Å². The molecule has 0 saturated heterocycles. The minimum Gasteiger partial charge on any atom is -0.441 e. The molecule has 2 heterocycles.